The molecule has 2 unspecified atom stereocenters. The van der Waals surface area contributed by atoms with Crippen molar-refractivity contribution < 1.29 is 4.79 Å². The number of rotatable bonds is 5. The molecule has 25 heavy (non-hydrogen) atoms. The second-order valence-electron chi connectivity index (χ2n) is 9.81. The number of carbonyl (C=O) groups is 1. The summed E-state index contributed by atoms with van der Waals surface area (Å²) in [5, 5.41) is 0. The monoisotopic (exact) mass is 346 g/mol. The van der Waals surface area contributed by atoms with Crippen molar-refractivity contribution in [3.63, 3.8) is 0 Å². The minimum Gasteiger partial charge on any atom is -0.302 e. The fourth-order valence-electron chi connectivity index (χ4n) is 6.82. The minimum atomic E-state index is 0.0395. The fraction of sp³-hybridized carbons (Fsp3) is 0.955. The van der Waals surface area contributed by atoms with E-state index in [1.54, 1.807) is 0 Å². The first-order chi connectivity index (χ1) is 12.1. The average Bonchev–Trinajstić information content (AvgIpc) is 3.04. The number of hydrogen-bond acceptors (Lipinski definition) is 3. The van der Waals surface area contributed by atoms with Crippen LogP contribution in [0, 0.1) is 16.7 Å². The van der Waals surface area contributed by atoms with Crippen LogP contribution < -0.4 is 0 Å². The molecule has 0 radical (unpaired) electrons. The Morgan fingerprint density at radius 1 is 1.00 bits per heavy atom. The Bertz CT molecular complexity index is 490. The zero-order valence-corrected chi connectivity index (χ0v) is 16.6. The molecule has 4 heterocycles. The first-order valence-electron chi connectivity index (χ1n) is 11.1. The normalized spacial score (nSPS) is 40.9. The molecule has 0 aromatic rings. The predicted molar refractivity (Wildman–Crippen MR) is 103 cm³/mol. The highest BCUT2D eigenvalue weighted by molar-refractivity contribution is 5.86. The Hall–Kier alpha value is -0.410. The number of carbonyl (C=O) groups excluding carboxylic acids is 1. The molecule has 5 aliphatic rings. The molecule has 5 rings (SSSR count). The van der Waals surface area contributed by atoms with Gasteiger partial charge in [0.2, 0.25) is 0 Å². The van der Waals surface area contributed by atoms with E-state index in [0.29, 0.717) is 11.2 Å². The van der Waals surface area contributed by atoms with Crippen LogP contribution in [0.1, 0.15) is 78.1 Å². The Morgan fingerprint density at radius 2 is 1.72 bits per heavy atom. The van der Waals surface area contributed by atoms with Crippen LogP contribution in [0.5, 0.6) is 0 Å². The molecule has 0 amide bonds. The van der Waals surface area contributed by atoms with Crippen LogP contribution in [0.25, 0.3) is 0 Å². The van der Waals surface area contributed by atoms with Crippen molar-refractivity contribution >= 4 is 5.78 Å². The quantitative estimate of drug-likeness (QED) is 0.748. The van der Waals surface area contributed by atoms with Gasteiger partial charge in [-0.2, -0.15) is 0 Å². The molecule has 1 saturated carbocycles. The number of fused-ring (bicyclic) bond motifs is 3. The fourth-order valence-corrected chi connectivity index (χ4v) is 6.82. The highest BCUT2D eigenvalue weighted by atomic mass is 16.1. The third-order valence-electron chi connectivity index (χ3n) is 8.28. The molecule has 1 aliphatic carbocycles. The average molecular weight is 347 g/mol. The summed E-state index contributed by atoms with van der Waals surface area (Å²) in [6, 6.07) is 0.787. The topological polar surface area (TPSA) is 23.6 Å². The lowest BCUT2D eigenvalue weighted by Crippen LogP contribution is -2.57. The van der Waals surface area contributed by atoms with Crippen molar-refractivity contribution in [3.05, 3.63) is 0 Å². The number of ketones is 1. The highest BCUT2D eigenvalue weighted by Crippen LogP contribution is 2.52. The molecular weight excluding hydrogens is 308 g/mol. The van der Waals surface area contributed by atoms with Gasteiger partial charge in [-0.15, -0.1) is 0 Å². The van der Waals surface area contributed by atoms with Crippen LogP contribution >= 0.6 is 0 Å². The molecule has 0 N–H and O–H groups in total. The van der Waals surface area contributed by atoms with E-state index in [1.807, 2.05) is 0 Å². The number of nitrogens with zero attached hydrogens (tertiary/aromatic N) is 2. The lowest BCUT2D eigenvalue weighted by Gasteiger charge is -2.49. The van der Waals surface area contributed by atoms with Crippen LogP contribution in [0.15, 0.2) is 0 Å². The summed E-state index contributed by atoms with van der Waals surface area (Å²) < 4.78 is 0. The standard InChI is InChI=1S/C22H38N2O/c1-3-7-22(8-4-2)10-9-21(15-20(22)25)11-14-24(17-21)19-16-23-12-5-18(19)6-13-23/h18-19H,3-17H2,1-2H3. The van der Waals surface area contributed by atoms with E-state index in [9.17, 15) is 4.79 Å². The van der Waals surface area contributed by atoms with E-state index < -0.39 is 0 Å². The van der Waals surface area contributed by atoms with Gasteiger partial charge in [-0.1, -0.05) is 26.7 Å². The van der Waals surface area contributed by atoms with Crippen molar-refractivity contribution in [2.45, 2.75) is 84.1 Å². The number of Topliss-reactive ketones (excluding diaryl/α,β-unsaturated/α-hetero) is 1. The Labute approximate surface area is 154 Å². The second-order valence-corrected chi connectivity index (χ2v) is 9.81. The minimum absolute atomic E-state index is 0.0395. The van der Waals surface area contributed by atoms with Gasteiger partial charge >= 0.3 is 0 Å². The molecule has 0 aromatic carbocycles. The predicted octanol–water partition coefficient (Wildman–Crippen LogP) is 4.11. The van der Waals surface area contributed by atoms with Gasteiger partial charge in [0.25, 0.3) is 0 Å². The van der Waals surface area contributed by atoms with Crippen LogP contribution in [-0.4, -0.2) is 54.3 Å². The van der Waals surface area contributed by atoms with E-state index in [2.05, 4.69) is 23.6 Å². The second kappa shape index (κ2) is 6.96. The Balaban J connectivity index is 1.42. The van der Waals surface area contributed by atoms with E-state index in [1.165, 1.54) is 64.8 Å². The summed E-state index contributed by atoms with van der Waals surface area (Å²) in [4.78, 5) is 18.7. The number of likely N-dealkylation sites (tertiary alicyclic amines) is 1. The number of piperidine rings is 3. The molecule has 3 nitrogen and oxygen atoms in total. The molecule has 1 spiro atoms. The summed E-state index contributed by atoms with van der Waals surface area (Å²) >= 11 is 0. The summed E-state index contributed by atoms with van der Waals surface area (Å²) in [6.07, 6.45) is 12.0. The first kappa shape index (κ1) is 18.0. The lowest BCUT2D eigenvalue weighted by atomic mass is 9.59. The summed E-state index contributed by atoms with van der Waals surface area (Å²) in [6.45, 7) is 10.9. The largest absolute Gasteiger partial charge is 0.302 e. The van der Waals surface area contributed by atoms with Crippen molar-refractivity contribution in [2.24, 2.45) is 16.7 Å². The van der Waals surface area contributed by atoms with E-state index in [4.69, 9.17) is 0 Å². The molecule has 2 atom stereocenters. The van der Waals surface area contributed by atoms with Crippen LogP contribution in [0.2, 0.25) is 0 Å². The van der Waals surface area contributed by atoms with Gasteiger partial charge in [0, 0.05) is 31.0 Å². The lowest BCUT2D eigenvalue weighted by molar-refractivity contribution is -0.137. The van der Waals surface area contributed by atoms with E-state index in [0.717, 1.165) is 44.1 Å². The summed E-state index contributed by atoms with van der Waals surface area (Å²) in [5.41, 5.74) is 0.367. The first-order valence-corrected chi connectivity index (χ1v) is 11.1. The van der Waals surface area contributed by atoms with Gasteiger partial charge in [0.15, 0.2) is 0 Å². The maximum atomic E-state index is 13.2. The maximum Gasteiger partial charge on any atom is 0.139 e. The van der Waals surface area contributed by atoms with E-state index in [-0.39, 0.29) is 5.41 Å². The van der Waals surface area contributed by atoms with E-state index >= 15 is 0 Å². The third kappa shape index (κ3) is 3.20. The smallest absolute Gasteiger partial charge is 0.139 e. The SMILES string of the molecule is CCCC1(CCC)CCC2(CCN(C3CN4CCC3CC4)C2)CC1=O. The molecule has 4 aliphatic heterocycles. The van der Waals surface area contributed by atoms with Crippen LogP contribution in [0.4, 0.5) is 0 Å². The summed E-state index contributed by atoms with van der Waals surface area (Å²) in [5.74, 6) is 1.55. The third-order valence-corrected chi connectivity index (χ3v) is 8.28. The molecule has 4 saturated heterocycles. The zero-order valence-electron chi connectivity index (χ0n) is 16.6. The molecule has 5 fully saturated rings. The van der Waals surface area contributed by atoms with Crippen molar-refractivity contribution in [3.8, 4) is 0 Å². The van der Waals surface area contributed by atoms with Gasteiger partial charge in [0.1, 0.15) is 5.78 Å². The zero-order chi connectivity index (χ0) is 17.5. The molecule has 3 heteroatoms. The highest BCUT2D eigenvalue weighted by Gasteiger charge is 2.51. The van der Waals surface area contributed by atoms with Gasteiger partial charge < -0.3 is 4.90 Å². The van der Waals surface area contributed by atoms with Gasteiger partial charge in [-0.05, 0) is 75.9 Å². The van der Waals surface area contributed by atoms with Crippen molar-refractivity contribution in [2.75, 3.05) is 32.7 Å². The molecule has 0 aromatic heterocycles. The van der Waals surface area contributed by atoms with Gasteiger partial charge in [-0.25, -0.2) is 0 Å². The van der Waals surface area contributed by atoms with Gasteiger partial charge in [0.05, 0.1) is 0 Å². The maximum absolute atomic E-state index is 13.2. The Morgan fingerprint density at radius 3 is 2.28 bits per heavy atom. The van der Waals surface area contributed by atoms with Gasteiger partial charge in [-0.3, -0.25) is 9.69 Å². The summed E-state index contributed by atoms with van der Waals surface area (Å²) in [7, 11) is 0. The molecule has 142 valence electrons. The Kier molecular flexibility index (Phi) is 5.00. The molecular formula is C22H38N2O. The van der Waals surface area contributed by atoms with Crippen molar-refractivity contribution in [1.82, 2.24) is 9.80 Å². The van der Waals surface area contributed by atoms with Crippen LogP contribution in [-0.2, 0) is 4.79 Å². The van der Waals surface area contributed by atoms with Crippen LogP contribution in [0.3, 0.4) is 0 Å². The molecule has 2 bridgehead atoms. The van der Waals surface area contributed by atoms with Crippen molar-refractivity contribution in [1.29, 1.82) is 0 Å². The number of hydrogen-bond donors (Lipinski definition) is 0.